The lowest BCUT2D eigenvalue weighted by atomic mass is 10.1. The van der Waals surface area contributed by atoms with Crippen LogP contribution in [0.25, 0.3) is 5.65 Å². The number of carbonyl (C=O) groups excluding carboxylic acids is 1. The van der Waals surface area contributed by atoms with E-state index in [0.717, 1.165) is 5.56 Å². The zero-order chi connectivity index (χ0) is 18.0. The predicted octanol–water partition coefficient (Wildman–Crippen LogP) is 2.46. The lowest BCUT2D eigenvalue weighted by Gasteiger charge is -2.20. The monoisotopic (exact) mass is 339 g/mol. The van der Waals surface area contributed by atoms with E-state index >= 15 is 0 Å². The molecule has 0 fully saturated rings. The van der Waals surface area contributed by atoms with Gasteiger partial charge in [-0.3, -0.25) is 4.40 Å². The molecule has 2 N–H and O–H groups in total. The molecular weight excluding hydrogens is 318 g/mol. The van der Waals surface area contributed by atoms with Crippen molar-refractivity contribution in [1.82, 2.24) is 19.5 Å². The quantitative estimate of drug-likeness (QED) is 0.769. The van der Waals surface area contributed by atoms with Crippen molar-refractivity contribution in [2.75, 3.05) is 5.32 Å². The molecule has 0 aliphatic rings. The van der Waals surface area contributed by atoms with Crippen LogP contribution in [0.1, 0.15) is 26.3 Å². The Bertz CT molecular complexity index is 965. The molecule has 3 rings (SSSR count). The number of hydrogen-bond donors (Lipinski definition) is 2. The molecular formula is C18H21N5O2. The van der Waals surface area contributed by atoms with E-state index in [1.54, 1.807) is 24.4 Å². The third-order valence-corrected chi connectivity index (χ3v) is 3.49. The molecule has 1 aromatic carbocycles. The second-order valence-corrected chi connectivity index (χ2v) is 6.90. The molecule has 25 heavy (non-hydrogen) atoms. The van der Waals surface area contributed by atoms with Crippen molar-refractivity contribution >= 4 is 17.4 Å². The summed E-state index contributed by atoms with van der Waals surface area (Å²) in [6.45, 7) is 6.08. The highest BCUT2D eigenvalue weighted by atomic mass is 16.2. The molecule has 7 nitrogen and oxygen atoms in total. The fourth-order valence-electron chi connectivity index (χ4n) is 2.49. The second-order valence-electron chi connectivity index (χ2n) is 6.90. The van der Waals surface area contributed by atoms with E-state index in [-0.39, 0.29) is 17.3 Å². The number of urea groups is 1. The number of hydrogen-bond acceptors (Lipinski definition) is 3. The molecule has 2 aromatic heterocycles. The molecule has 3 aromatic rings. The number of nitrogens with zero attached hydrogens (tertiary/aromatic N) is 3. The zero-order valence-corrected chi connectivity index (χ0v) is 14.5. The molecule has 0 spiro atoms. The van der Waals surface area contributed by atoms with Gasteiger partial charge in [-0.05, 0) is 50.6 Å². The summed E-state index contributed by atoms with van der Waals surface area (Å²) >= 11 is 0. The molecule has 130 valence electrons. The first kappa shape index (κ1) is 16.8. The Morgan fingerprint density at radius 2 is 1.96 bits per heavy atom. The third kappa shape index (κ3) is 4.06. The molecule has 0 bridgehead atoms. The van der Waals surface area contributed by atoms with Gasteiger partial charge >= 0.3 is 11.7 Å². The van der Waals surface area contributed by atoms with Crippen LogP contribution >= 0.6 is 0 Å². The topological polar surface area (TPSA) is 80.4 Å². The Labute approximate surface area is 145 Å². The highest BCUT2D eigenvalue weighted by molar-refractivity contribution is 5.89. The van der Waals surface area contributed by atoms with Crippen LogP contribution in [0, 0.1) is 0 Å². The van der Waals surface area contributed by atoms with Gasteiger partial charge in [-0.2, -0.15) is 0 Å². The Balaban J connectivity index is 1.78. The van der Waals surface area contributed by atoms with Gasteiger partial charge in [-0.15, -0.1) is 5.10 Å². The molecule has 0 radical (unpaired) electrons. The van der Waals surface area contributed by atoms with Gasteiger partial charge in [-0.1, -0.05) is 18.2 Å². The molecule has 0 aliphatic heterocycles. The number of rotatable bonds is 3. The predicted molar refractivity (Wildman–Crippen MR) is 96.9 cm³/mol. The minimum atomic E-state index is -0.314. The number of aromatic nitrogens is 3. The van der Waals surface area contributed by atoms with Crippen molar-refractivity contribution in [2.24, 2.45) is 0 Å². The van der Waals surface area contributed by atoms with Crippen LogP contribution in [-0.4, -0.2) is 25.8 Å². The fraction of sp³-hybridized carbons (Fsp3) is 0.278. The molecule has 0 aliphatic carbocycles. The minimum absolute atomic E-state index is 0.195. The van der Waals surface area contributed by atoms with E-state index in [1.165, 1.54) is 9.08 Å². The van der Waals surface area contributed by atoms with Crippen molar-refractivity contribution in [2.45, 2.75) is 32.9 Å². The molecule has 0 saturated carbocycles. The van der Waals surface area contributed by atoms with E-state index in [0.29, 0.717) is 17.9 Å². The van der Waals surface area contributed by atoms with Gasteiger partial charge in [0.25, 0.3) is 0 Å². The first-order valence-corrected chi connectivity index (χ1v) is 8.04. The molecule has 0 unspecified atom stereocenters. The largest absolute Gasteiger partial charge is 0.350 e. The summed E-state index contributed by atoms with van der Waals surface area (Å²) in [6, 6.07) is 12.5. The Kier molecular flexibility index (Phi) is 4.31. The van der Waals surface area contributed by atoms with Crippen LogP contribution in [0.15, 0.2) is 53.5 Å². The Morgan fingerprint density at radius 1 is 1.16 bits per heavy atom. The van der Waals surface area contributed by atoms with Gasteiger partial charge in [0.1, 0.15) is 0 Å². The Hall–Kier alpha value is -3.09. The zero-order valence-electron chi connectivity index (χ0n) is 14.5. The van der Waals surface area contributed by atoms with Crippen molar-refractivity contribution in [1.29, 1.82) is 0 Å². The maximum atomic E-state index is 12.3. The van der Waals surface area contributed by atoms with E-state index in [9.17, 15) is 9.59 Å². The number of amides is 2. The van der Waals surface area contributed by atoms with Gasteiger partial charge in [0.05, 0.1) is 6.54 Å². The lowest BCUT2D eigenvalue weighted by molar-refractivity contribution is 0.244. The van der Waals surface area contributed by atoms with Gasteiger partial charge < -0.3 is 10.6 Å². The SMILES string of the molecule is CC(C)(C)NC(=O)Nc1cccc(Cn2nc3ccccn3c2=O)c1. The van der Waals surface area contributed by atoms with Crippen LogP contribution in [0.5, 0.6) is 0 Å². The maximum absolute atomic E-state index is 12.3. The summed E-state index contributed by atoms with van der Waals surface area (Å²) in [6.07, 6.45) is 1.69. The molecule has 2 amide bonds. The number of pyridine rings is 1. The number of anilines is 1. The smallest absolute Gasteiger partial charge is 0.333 e. The first-order chi connectivity index (χ1) is 11.8. The van der Waals surface area contributed by atoms with Gasteiger partial charge in [-0.25, -0.2) is 14.3 Å². The third-order valence-electron chi connectivity index (χ3n) is 3.49. The Morgan fingerprint density at radius 3 is 2.68 bits per heavy atom. The van der Waals surface area contributed by atoms with Crippen LogP contribution < -0.4 is 16.3 Å². The average Bonchev–Trinajstić information content (AvgIpc) is 2.82. The van der Waals surface area contributed by atoms with Crippen molar-refractivity contribution in [3.8, 4) is 0 Å². The van der Waals surface area contributed by atoms with Gasteiger partial charge in [0.15, 0.2) is 5.65 Å². The van der Waals surface area contributed by atoms with Crippen LogP contribution in [0.2, 0.25) is 0 Å². The number of nitrogens with one attached hydrogen (secondary N) is 2. The highest BCUT2D eigenvalue weighted by Gasteiger charge is 2.13. The molecule has 0 atom stereocenters. The molecule has 7 heteroatoms. The van der Waals surface area contributed by atoms with Crippen molar-refractivity contribution < 1.29 is 4.79 Å². The molecule has 0 saturated heterocycles. The van der Waals surface area contributed by atoms with E-state index in [1.807, 2.05) is 45.0 Å². The van der Waals surface area contributed by atoms with E-state index in [2.05, 4.69) is 15.7 Å². The normalized spacial score (nSPS) is 11.5. The van der Waals surface area contributed by atoms with Crippen LogP contribution in [-0.2, 0) is 6.54 Å². The fourth-order valence-corrected chi connectivity index (χ4v) is 2.49. The summed E-state index contributed by atoms with van der Waals surface area (Å²) in [5.41, 5.74) is 1.63. The number of carbonyl (C=O) groups is 1. The van der Waals surface area contributed by atoms with Crippen molar-refractivity contribution in [3.63, 3.8) is 0 Å². The molecule has 2 heterocycles. The van der Waals surface area contributed by atoms with Crippen molar-refractivity contribution in [3.05, 3.63) is 64.7 Å². The van der Waals surface area contributed by atoms with E-state index in [4.69, 9.17) is 0 Å². The highest BCUT2D eigenvalue weighted by Crippen LogP contribution is 2.12. The lowest BCUT2D eigenvalue weighted by Crippen LogP contribution is -2.43. The number of benzene rings is 1. The van der Waals surface area contributed by atoms with Crippen LogP contribution in [0.3, 0.4) is 0 Å². The summed E-state index contributed by atoms with van der Waals surface area (Å²) < 4.78 is 2.91. The standard InChI is InChI=1S/C18H21N5O2/c1-18(2,3)20-16(24)19-14-8-6-7-13(11-14)12-23-17(25)22-10-5-4-9-15(22)21-23/h4-11H,12H2,1-3H3,(H2,19,20,24). The maximum Gasteiger partial charge on any atom is 0.350 e. The summed E-state index contributed by atoms with van der Waals surface area (Å²) in [5, 5.41) is 9.96. The summed E-state index contributed by atoms with van der Waals surface area (Å²) in [4.78, 5) is 24.3. The second kappa shape index (κ2) is 6.43. The summed E-state index contributed by atoms with van der Waals surface area (Å²) in [7, 11) is 0. The van der Waals surface area contributed by atoms with Gasteiger partial charge in [0, 0.05) is 17.4 Å². The minimum Gasteiger partial charge on any atom is -0.333 e. The first-order valence-electron chi connectivity index (χ1n) is 8.04. The van der Waals surface area contributed by atoms with Crippen LogP contribution in [0.4, 0.5) is 10.5 Å². The summed E-state index contributed by atoms with van der Waals surface area (Å²) in [5.74, 6) is 0. The number of fused-ring (bicyclic) bond motifs is 1. The average molecular weight is 339 g/mol. The van der Waals surface area contributed by atoms with E-state index < -0.39 is 0 Å². The van der Waals surface area contributed by atoms with Gasteiger partial charge in [0.2, 0.25) is 0 Å².